The second-order valence-electron chi connectivity index (χ2n) is 3.35. The van der Waals surface area contributed by atoms with Gasteiger partial charge in [-0.3, -0.25) is 10.1 Å². The van der Waals surface area contributed by atoms with Gasteiger partial charge in [0.2, 0.25) is 0 Å². The normalized spacial score (nSPS) is 10.5. The maximum Gasteiger partial charge on any atom is 0.271 e. The van der Waals surface area contributed by atoms with Crippen molar-refractivity contribution in [3.05, 3.63) is 51.3 Å². The molecule has 6 nitrogen and oxygen atoms in total. The molecular weight excluding hydrogens is 244 g/mol. The fourth-order valence-corrected chi connectivity index (χ4v) is 1.66. The third kappa shape index (κ3) is 2.27. The summed E-state index contributed by atoms with van der Waals surface area (Å²) < 4.78 is 1.54. The number of nitrogens with two attached hydrogens (primary N) is 1. The van der Waals surface area contributed by atoms with Crippen LogP contribution in [0, 0.1) is 10.1 Å². The van der Waals surface area contributed by atoms with Crippen LogP contribution in [0.3, 0.4) is 0 Å². The number of hydrogen-bond donors (Lipinski definition) is 1. The van der Waals surface area contributed by atoms with Crippen molar-refractivity contribution in [1.82, 2.24) is 9.78 Å². The number of nitrogens with zero attached hydrogens (tertiary/aromatic N) is 3. The van der Waals surface area contributed by atoms with Crippen LogP contribution in [0.15, 0.2) is 30.5 Å². The van der Waals surface area contributed by atoms with Gasteiger partial charge in [0.05, 0.1) is 21.3 Å². The lowest BCUT2D eigenvalue weighted by Gasteiger charge is -2.03. The molecule has 0 saturated carbocycles. The van der Waals surface area contributed by atoms with E-state index in [9.17, 15) is 10.1 Å². The first-order valence-electron chi connectivity index (χ1n) is 4.80. The molecule has 0 saturated heterocycles. The zero-order chi connectivity index (χ0) is 12.4. The van der Waals surface area contributed by atoms with Crippen LogP contribution in [-0.2, 0) is 6.54 Å². The molecule has 2 aromatic rings. The molecule has 1 aromatic heterocycles. The molecule has 0 aliphatic heterocycles. The highest BCUT2D eigenvalue weighted by Crippen LogP contribution is 2.25. The van der Waals surface area contributed by atoms with Gasteiger partial charge >= 0.3 is 0 Å². The first-order chi connectivity index (χ1) is 8.11. The summed E-state index contributed by atoms with van der Waals surface area (Å²) >= 11 is 5.96. The minimum atomic E-state index is -0.496. The summed E-state index contributed by atoms with van der Waals surface area (Å²) in [5, 5.41) is 15.0. The van der Waals surface area contributed by atoms with E-state index >= 15 is 0 Å². The third-order valence-electron chi connectivity index (χ3n) is 2.24. The lowest BCUT2D eigenvalue weighted by atomic mass is 10.3. The van der Waals surface area contributed by atoms with Gasteiger partial charge in [0.15, 0.2) is 0 Å². The Morgan fingerprint density at radius 1 is 1.47 bits per heavy atom. The van der Waals surface area contributed by atoms with E-state index in [1.54, 1.807) is 18.3 Å². The van der Waals surface area contributed by atoms with Gasteiger partial charge < -0.3 is 5.73 Å². The Balaban J connectivity index is 2.42. The number of nitro benzene ring substituents is 1. The number of benzene rings is 1. The van der Waals surface area contributed by atoms with Crippen LogP contribution in [0.2, 0.25) is 5.02 Å². The van der Waals surface area contributed by atoms with Crippen LogP contribution in [0.1, 0.15) is 5.69 Å². The van der Waals surface area contributed by atoms with E-state index in [1.807, 2.05) is 0 Å². The monoisotopic (exact) mass is 252 g/mol. The Labute approximate surface area is 102 Å². The molecule has 1 heterocycles. The average Bonchev–Trinajstić information content (AvgIpc) is 2.77. The van der Waals surface area contributed by atoms with Crippen molar-refractivity contribution in [2.75, 3.05) is 0 Å². The van der Waals surface area contributed by atoms with Gasteiger partial charge in [0.1, 0.15) is 0 Å². The highest BCUT2D eigenvalue weighted by Gasteiger charge is 2.11. The van der Waals surface area contributed by atoms with Crippen molar-refractivity contribution >= 4 is 17.3 Å². The topological polar surface area (TPSA) is 87.0 Å². The van der Waals surface area contributed by atoms with Crippen LogP contribution in [0.4, 0.5) is 5.69 Å². The quantitative estimate of drug-likeness (QED) is 0.667. The molecule has 0 amide bonds. The van der Waals surface area contributed by atoms with E-state index in [-0.39, 0.29) is 10.7 Å². The number of halogens is 1. The third-order valence-corrected chi connectivity index (χ3v) is 2.55. The molecule has 0 atom stereocenters. The Morgan fingerprint density at radius 3 is 2.76 bits per heavy atom. The summed E-state index contributed by atoms with van der Waals surface area (Å²) in [6, 6.07) is 5.98. The summed E-state index contributed by atoms with van der Waals surface area (Å²) in [6.07, 6.45) is 1.70. The molecular formula is C10H9ClN4O2. The fourth-order valence-electron chi connectivity index (χ4n) is 1.40. The molecule has 0 unspecified atom stereocenters. The number of hydrogen-bond acceptors (Lipinski definition) is 4. The van der Waals surface area contributed by atoms with E-state index in [2.05, 4.69) is 5.10 Å². The molecule has 2 rings (SSSR count). The molecule has 2 N–H and O–H groups in total. The zero-order valence-electron chi connectivity index (χ0n) is 8.71. The molecule has 0 bridgehead atoms. The minimum absolute atomic E-state index is 0.0510. The van der Waals surface area contributed by atoms with E-state index in [4.69, 9.17) is 17.3 Å². The fraction of sp³-hybridized carbons (Fsp3) is 0.100. The summed E-state index contributed by atoms with van der Waals surface area (Å²) in [7, 11) is 0. The number of rotatable bonds is 3. The largest absolute Gasteiger partial charge is 0.325 e. The highest BCUT2D eigenvalue weighted by molar-refractivity contribution is 6.32. The summed E-state index contributed by atoms with van der Waals surface area (Å²) in [5.41, 5.74) is 6.70. The van der Waals surface area contributed by atoms with Crippen LogP contribution in [0.25, 0.3) is 5.69 Å². The van der Waals surface area contributed by atoms with Gasteiger partial charge in [-0.15, -0.1) is 0 Å². The Morgan fingerprint density at radius 2 is 2.24 bits per heavy atom. The molecule has 88 valence electrons. The predicted octanol–water partition coefficient (Wildman–Crippen LogP) is 1.89. The zero-order valence-corrected chi connectivity index (χ0v) is 9.46. The number of non-ortho nitro benzene ring substituents is 1. The van der Waals surface area contributed by atoms with Gasteiger partial charge in [-0.25, -0.2) is 4.68 Å². The van der Waals surface area contributed by atoms with Crippen LogP contribution in [-0.4, -0.2) is 14.7 Å². The molecule has 0 aliphatic carbocycles. The van der Waals surface area contributed by atoms with E-state index in [0.29, 0.717) is 12.2 Å². The maximum atomic E-state index is 10.6. The van der Waals surface area contributed by atoms with Crippen molar-refractivity contribution in [3.8, 4) is 5.69 Å². The molecule has 0 radical (unpaired) electrons. The number of nitro groups is 1. The molecule has 0 spiro atoms. The van der Waals surface area contributed by atoms with Crippen LogP contribution >= 0.6 is 11.6 Å². The molecule has 0 aliphatic rings. The molecule has 0 fully saturated rings. The Kier molecular flexibility index (Phi) is 3.08. The first kappa shape index (κ1) is 11.6. The second kappa shape index (κ2) is 4.52. The van der Waals surface area contributed by atoms with E-state index in [0.717, 1.165) is 5.69 Å². The number of aromatic nitrogens is 2. The van der Waals surface area contributed by atoms with Crippen molar-refractivity contribution < 1.29 is 4.92 Å². The standard InChI is InChI=1S/C10H9ClN4O2/c11-9-5-8(15(16)17)1-2-10(9)14-4-3-7(6-12)13-14/h1-5H,6,12H2. The SMILES string of the molecule is NCc1ccn(-c2ccc([N+](=O)[O-])cc2Cl)n1. The van der Waals surface area contributed by atoms with Gasteiger partial charge in [-0.1, -0.05) is 11.6 Å². The van der Waals surface area contributed by atoms with Crippen molar-refractivity contribution in [3.63, 3.8) is 0 Å². The van der Waals surface area contributed by atoms with Gasteiger partial charge in [0, 0.05) is 24.9 Å². The highest BCUT2D eigenvalue weighted by atomic mass is 35.5. The maximum absolute atomic E-state index is 10.6. The van der Waals surface area contributed by atoms with Crippen LogP contribution in [0.5, 0.6) is 0 Å². The lowest BCUT2D eigenvalue weighted by molar-refractivity contribution is -0.384. The van der Waals surface area contributed by atoms with Crippen molar-refractivity contribution in [2.24, 2.45) is 5.73 Å². The van der Waals surface area contributed by atoms with Crippen molar-refractivity contribution in [2.45, 2.75) is 6.54 Å². The molecule has 17 heavy (non-hydrogen) atoms. The lowest BCUT2D eigenvalue weighted by Crippen LogP contribution is -2.01. The van der Waals surface area contributed by atoms with Gasteiger partial charge in [-0.2, -0.15) is 5.10 Å². The average molecular weight is 253 g/mol. The van der Waals surface area contributed by atoms with Crippen molar-refractivity contribution in [1.29, 1.82) is 0 Å². The van der Waals surface area contributed by atoms with E-state index in [1.165, 1.54) is 16.8 Å². The first-order valence-corrected chi connectivity index (χ1v) is 5.18. The minimum Gasteiger partial charge on any atom is -0.325 e. The summed E-state index contributed by atoms with van der Waals surface area (Å²) in [4.78, 5) is 10.1. The Hall–Kier alpha value is -1.92. The summed E-state index contributed by atoms with van der Waals surface area (Å²) in [6.45, 7) is 0.331. The molecule has 1 aromatic carbocycles. The predicted molar refractivity (Wildman–Crippen MR) is 63.1 cm³/mol. The van der Waals surface area contributed by atoms with E-state index < -0.39 is 4.92 Å². The summed E-state index contributed by atoms with van der Waals surface area (Å²) in [5.74, 6) is 0. The smallest absolute Gasteiger partial charge is 0.271 e. The van der Waals surface area contributed by atoms with Gasteiger partial charge in [0.25, 0.3) is 5.69 Å². The second-order valence-corrected chi connectivity index (χ2v) is 3.76. The Bertz CT molecular complexity index is 567. The molecule has 7 heteroatoms. The van der Waals surface area contributed by atoms with Gasteiger partial charge in [-0.05, 0) is 12.1 Å². The van der Waals surface area contributed by atoms with Crippen LogP contribution < -0.4 is 5.73 Å².